The van der Waals surface area contributed by atoms with Crippen LogP contribution in [0.15, 0.2) is 18.2 Å². The van der Waals surface area contributed by atoms with E-state index in [0.29, 0.717) is 21.9 Å². The largest absolute Gasteiger partial charge is 0.490 e. The number of nitrogens with one attached hydrogen (secondary N) is 1. The third-order valence-electron chi connectivity index (χ3n) is 4.40. The van der Waals surface area contributed by atoms with Gasteiger partial charge >= 0.3 is 0 Å². The zero-order valence-electron chi connectivity index (χ0n) is 12.0. The van der Waals surface area contributed by atoms with E-state index in [1.165, 1.54) is 0 Å². The first-order chi connectivity index (χ1) is 10.2. The van der Waals surface area contributed by atoms with E-state index in [9.17, 15) is 0 Å². The van der Waals surface area contributed by atoms with E-state index < -0.39 is 0 Å². The molecule has 0 spiro atoms. The zero-order chi connectivity index (χ0) is 14.7. The molecular weight excluding hydrogens is 309 g/mol. The van der Waals surface area contributed by atoms with Crippen LogP contribution in [0, 0.1) is 11.8 Å². The van der Waals surface area contributed by atoms with Gasteiger partial charge in [-0.25, -0.2) is 0 Å². The maximum Gasteiger partial charge on any atom is 0.122 e. The Morgan fingerprint density at radius 1 is 1.05 bits per heavy atom. The Bertz CT molecular complexity index is 451. The Hall–Kier alpha value is -0.480. The fourth-order valence-electron chi connectivity index (χ4n) is 3.33. The molecule has 1 aromatic carbocycles. The van der Waals surface area contributed by atoms with Crippen molar-refractivity contribution in [3.05, 3.63) is 28.2 Å². The van der Waals surface area contributed by atoms with E-state index in [1.54, 1.807) is 6.07 Å². The van der Waals surface area contributed by atoms with Gasteiger partial charge in [0, 0.05) is 41.6 Å². The average Bonchev–Trinajstić information content (AvgIpc) is 2.98. The van der Waals surface area contributed by atoms with E-state index in [1.807, 2.05) is 12.1 Å². The van der Waals surface area contributed by atoms with Gasteiger partial charge in [-0.3, -0.25) is 0 Å². The fraction of sp³-hybridized carbons (Fsp3) is 0.625. The first-order valence-corrected chi connectivity index (χ1v) is 8.39. The molecule has 2 heterocycles. The molecule has 0 aromatic heterocycles. The van der Waals surface area contributed by atoms with Crippen LogP contribution in [0.4, 0.5) is 0 Å². The third-order valence-corrected chi connectivity index (χ3v) is 4.84. The van der Waals surface area contributed by atoms with Crippen LogP contribution in [0.5, 0.6) is 5.75 Å². The molecule has 2 aliphatic rings. The smallest absolute Gasteiger partial charge is 0.122 e. The molecule has 21 heavy (non-hydrogen) atoms. The summed E-state index contributed by atoms with van der Waals surface area (Å²) in [6.45, 7) is 3.77. The minimum absolute atomic E-state index is 0.207. The van der Waals surface area contributed by atoms with Crippen LogP contribution in [0.25, 0.3) is 0 Å². The van der Waals surface area contributed by atoms with E-state index in [4.69, 9.17) is 32.7 Å². The summed E-state index contributed by atoms with van der Waals surface area (Å²) in [5, 5.41) is 4.67. The Labute approximate surface area is 135 Å². The van der Waals surface area contributed by atoms with Crippen LogP contribution in [-0.4, -0.2) is 32.4 Å². The molecule has 3 rings (SSSR count). The van der Waals surface area contributed by atoms with Gasteiger partial charge in [0.1, 0.15) is 11.9 Å². The minimum atomic E-state index is 0.207. The van der Waals surface area contributed by atoms with Gasteiger partial charge in [-0.2, -0.15) is 0 Å². The molecule has 1 N–H and O–H groups in total. The van der Waals surface area contributed by atoms with Crippen molar-refractivity contribution < 1.29 is 9.47 Å². The maximum absolute atomic E-state index is 6.34. The fourth-order valence-corrected chi connectivity index (χ4v) is 3.84. The second kappa shape index (κ2) is 7.19. The average molecular weight is 330 g/mol. The number of rotatable bonds is 4. The molecule has 5 heteroatoms. The normalized spacial score (nSPS) is 25.0. The summed E-state index contributed by atoms with van der Waals surface area (Å²) >= 11 is 12.2. The molecule has 0 amide bonds. The lowest BCUT2D eigenvalue weighted by Crippen LogP contribution is -2.39. The Morgan fingerprint density at radius 3 is 2.38 bits per heavy atom. The summed E-state index contributed by atoms with van der Waals surface area (Å²) in [5.74, 6) is 1.86. The zero-order valence-corrected chi connectivity index (χ0v) is 13.5. The van der Waals surface area contributed by atoms with Crippen LogP contribution in [0.2, 0.25) is 10.0 Å². The van der Waals surface area contributed by atoms with Crippen molar-refractivity contribution >= 4 is 23.2 Å². The maximum atomic E-state index is 6.34. The molecule has 0 saturated carbocycles. The standard InChI is InChI=1S/C16H21Cl2NO2/c17-13-7-14(18)9-15(8-13)21-16(12-1-4-19-10-12)11-2-5-20-6-3-11/h7-9,11-12,16,19H,1-6,10H2/t12?,16-/m1/s1. The summed E-state index contributed by atoms with van der Waals surface area (Å²) in [6, 6.07) is 5.43. The monoisotopic (exact) mass is 329 g/mol. The third kappa shape index (κ3) is 4.04. The molecule has 0 bridgehead atoms. The van der Waals surface area contributed by atoms with Crippen LogP contribution in [0.1, 0.15) is 19.3 Å². The molecule has 2 saturated heterocycles. The topological polar surface area (TPSA) is 30.5 Å². The van der Waals surface area contributed by atoms with E-state index in [-0.39, 0.29) is 6.10 Å². The molecule has 0 aliphatic carbocycles. The number of hydrogen-bond acceptors (Lipinski definition) is 3. The van der Waals surface area contributed by atoms with Crippen LogP contribution in [0.3, 0.4) is 0 Å². The van der Waals surface area contributed by atoms with Gasteiger partial charge in [0.05, 0.1) is 0 Å². The number of hydrogen-bond donors (Lipinski definition) is 1. The van der Waals surface area contributed by atoms with Crippen LogP contribution >= 0.6 is 23.2 Å². The predicted octanol–water partition coefficient (Wildman–Crippen LogP) is 3.78. The second-order valence-electron chi connectivity index (χ2n) is 5.89. The van der Waals surface area contributed by atoms with E-state index >= 15 is 0 Å². The molecule has 1 unspecified atom stereocenters. The molecule has 3 nitrogen and oxygen atoms in total. The van der Waals surface area contributed by atoms with Crippen molar-refractivity contribution in [2.45, 2.75) is 25.4 Å². The lowest BCUT2D eigenvalue weighted by Gasteiger charge is -2.34. The molecule has 2 fully saturated rings. The van der Waals surface area contributed by atoms with Gasteiger partial charge in [0.2, 0.25) is 0 Å². The predicted molar refractivity (Wildman–Crippen MR) is 85.4 cm³/mol. The molecular formula is C16H21Cl2NO2. The van der Waals surface area contributed by atoms with Crippen molar-refractivity contribution in [1.29, 1.82) is 0 Å². The second-order valence-corrected chi connectivity index (χ2v) is 6.76. The summed E-state index contributed by atoms with van der Waals surface area (Å²) in [6.07, 6.45) is 3.50. The van der Waals surface area contributed by atoms with Crippen molar-refractivity contribution in [2.24, 2.45) is 11.8 Å². The quantitative estimate of drug-likeness (QED) is 0.911. The Balaban J connectivity index is 1.77. The summed E-state index contributed by atoms with van der Waals surface area (Å²) in [7, 11) is 0. The highest BCUT2D eigenvalue weighted by Crippen LogP contribution is 2.33. The number of ether oxygens (including phenoxy) is 2. The van der Waals surface area contributed by atoms with Gasteiger partial charge < -0.3 is 14.8 Å². The molecule has 116 valence electrons. The molecule has 1 aromatic rings. The van der Waals surface area contributed by atoms with Crippen LogP contribution in [-0.2, 0) is 4.74 Å². The highest BCUT2D eigenvalue weighted by atomic mass is 35.5. The first kappa shape index (κ1) is 15.4. The van der Waals surface area contributed by atoms with Gasteiger partial charge in [-0.05, 0) is 44.0 Å². The molecule has 0 radical (unpaired) electrons. The van der Waals surface area contributed by atoms with Crippen molar-refractivity contribution in [3.63, 3.8) is 0 Å². The SMILES string of the molecule is Clc1cc(Cl)cc(O[C@H](C2CCOCC2)C2CCNC2)c1. The van der Waals surface area contributed by atoms with Crippen molar-refractivity contribution in [1.82, 2.24) is 5.32 Å². The van der Waals surface area contributed by atoms with Gasteiger partial charge in [-0.1, -0.05) is 23.2 Å². The Kier molecular flexibility index (Phi) is 5.28. The first-order valence-electron chi connectivity index (χ1n) is 7.63. The van der Waals surface area contributed by atoms with Gasteiger partial charge in [-0.15, -0.1) is 0 Å². The number of benzene rings is 1. The van der Waals surface area contributed by atoms with Crippen molar-refractivity contribution in [3.8, 4) is 5.75 Å². The minimum Gasteiger partial charge on any atom is -0.490 e. The van der Waals surface area contributed by atoms with E-state index in [2.05, 4.69) is 5.32 Å². The number of halogens is 2. The lowest BCUT2D eigenvalue weighted by atomic mass is 9.85. The molecule has 2 aliphatic heterocycles. The lowest BCUT2D eigenvalue weighted by molar-refractivity contribution is -0.00133. The highest BCUT2D eigenvalue weighted by Gasteiger charge is 2.34. The highest BCUT2D eigenvalue weighted by molar-refractivity contribution is 6.34. The van der Waals surface area contributed by atoms with Crippen molar-refractivity contribution in [2.75, 3.05) is 26.3 Å². The Morgan fingerprint density at radius 2 is 1.76 bits per heavy atom. The van der Waals surface area contributed by atoms with E-state index in [0.717, 1.165) is 51.3 Å². The summed E-state index contributed by atoms with van der Waals surface area (Å²) < 4.78 is 11.8. The summed E-state index contributed by atoms with van der Waals surface area (Å²) in [4.78, 5) is 0. The van der Waals surface area contributed by atoms with Gasteiger partial charge in [0.15, 0.2) is 0 Å². The molecule has 2 atom stereocenters. The summed E-state index contributed by atoms with van der Waals surface area (Å²) in [5.41, 5.74) is 0. The van der Waals surface area contributed by atoms with Gasteiger partial charge in [0.25, 0.3) is 0 Å². The van der Waals surface area contributed by atoms with Crippen LogP contribution < -0.4 is 10.1 Å².